The average Bonchev–Trinajstić information content (AvgIpc) is 3.45. The molecule has 1 aromatic carbocycles. The van der Waals surface area contributed by atoms with Crippen molar-refractivity contribution in [2.75, 3.05) is 11.1 Å². The first-order chi connectivity index (χ1) is 13.9. The van der Waals surface area contributed by atoms with Crippen LogP contribution in [-0.4, -0.2) is 31.4 Å². The maximum atomic E-state index is 13.3. The van der Waals surface area contributed by atoms with E-state index in [9.17, 15) is 13.6 Å². The number of nitrogens with zero attached hydrogens (tertiary/aromatic N) is 3. The van der Waals surface area contributed by atoms with Gasteiger partial charge < -0.3 is 19.2 Å². The molecule has 152 valence electrons. The molecule has 2 aromatic heterocycles. The number of anilines is 1. The highest BCUT2D eigenvalue weighted by Gasteiger charge is 2.36. The number of aromatic nitrogens is 1. The van der Waals surface area contributed by atoms with Crippen LogP contribution in [0.3, 0.4) is 0 Å². The number of sulfonamides is 1. The predicted octanol–water partition coefficient (Wildman–Crippen LogP) is 3.65. The van der Waals surface area contributed by atoms with Crippen LogP contribution in [0.1, 0.15) is 11.3 Å². The third-order valence-electron chi connectivity index (χ3n) is 4.14. The van der Waals surface area contributed by atoms with Crippen LogP contribution in [0.4, 0.5) is 5.88 Å². The van der Waals surface area contributed by atoms with Gasteiger partial charge in [0.15, 0.2) is 17.3 Å². The van der Waals surface area contributed by atoms with Gasteiger partial charge in [0.25, 0.3) is 15.9 Å². The summed E-state index contributed by atoms with van der Waals surface area (Å²) in [5.74, 6) is 0.602. The van der Waals surface area contributed by atoms with Crippen molar-refractivity contribution in [2.45, 2.75) is 18.2 Å². The van der Waals surface area contributed by atoms with E-state index in [0.717, 1.165) is 4.31 Å². The molecule has 29 heavy (non-hydrogen) atoms. The molecule has 0 spiro atoms. The number of benzene rings is 1. The summed E-state index contributed by atoms with van der Waals surface area (Å²) in [6, 6.07) is 6.51. The molecule has 3 heterocycles. The first-order valence-corrected chi connectivity index (χ1v) is 11.0. The second-order valence-electron chi connectivity index (χ2n) is 6.00. The number of amidine groups is 1. The van der Waals surface area contributed by atoms with Crippen LogP contribution in [0.25, 0.3) is 0 Å². The highest BCUT2D eigenvalue weighted by atomic mass is 35.5. The molecule has 3 aromatic rings. The quantitative estimate of drug-likeness (QED) is 0.270. The summed E-state index contributed by atoms with van der Waals surface area (Å²) in [7, 11) is -4.18. The molecular formula is C17H14ClN3O6S2. The van der Waals surface area contributed by atoms with Gasteiger partial charge in [0, 0.05) is 11.8 Å². The van der Waals surface area contributed by atoms with Crippen LogP contribution >= 0.6 is 22.9 Å². The lowest BCUT2D eigenvalue weighted by molar-refractivity contribution is 0.174. The van der Waals surface area contributed by atoms with Gasteiger partial charge in [-0.05, 0) is 36.1 Å². The van der Waals surface area contributed by atoms with E-state index in [1.54, 1.807) is 30.5 Å². The van der Waals surface area contributed by atoms with Gasteiger partial charge in [-0.1, -0.05) is 28.0 Å². The van der Waals surface area contributed by atoms with Crippen molar-refractivity contribution >= 4 is 44.7 Å². The van der Waals surface area contributed by atoms with Gasteiger partial charge in [-0.2, -0.15) is 15.6 Å². The first-order valence-electron chi connectivity index (χ1n) is 8.20. The van der Waals surface area contributed by atoms with Crippen LogP contribution in [0.15, 0.2) is 49.6 Å². The van der Waals surface area contributed by atoms with E-state index in [-0.39, 0.29) is 34.9 Å². The summed E-state index contributed by atoms with van der Waals surface area (Å²) >= 11 is 7.43. The first kappa shape index (κ1) is 19.6. The minimum Gasteiger partial charge on any atom is -0.454 e. The number of oxime groups is 1. The highest BCUT2D eigenvalue weighted by Crippen LogP contribution is 2.36. The van der Waals surface area contributed by atoms with Crippen LogP contribution in [-0.2, 0) is 16.4 Å². The van der Waals surface area contributed by atoms with Gasteiger partial charge in [-0.3, -0.25) is 0 Å². The number of fused-ring (bicyclic) bond motifs is 1. The lowest BCUT2D eigenvalue weighted by atomic mass is 10.1. The topological polar surface area (TPSA) is 114 Å². The highest BCUT2D eigenvalue weighted by molar-refractivity contribution is 7.93. The van der Waals surface area contributed by atoms with Crippen molar-refractivity contribution in [1.82, 2.24) is 5.16 Å². The van der Waals surface area contributed by atoms with Gasteiger partial charge in [0.1, 0.15) is 10.7 Å². The van der Waals surface area contributed by atoms with Crippen molar-refractivity contribution in [3.63, 3.8) is 0 Å². The number of hydrogen-bond donors (Lipinski definition) is 1. The number of ether oxygens (including phenoxy) is 2. The van der Waals surface area contributed by atoms with Crippen molar-refractivity contribution in [2.24, 2.45) is 5.16 Å². The minimum absolute atomic E-state index is 0.000503. The fraction of sp³-hybridized carbons (Fsp3) is 0.176. The van der Waals surface area contributed by atoms with E-state index in [1.807, 2.05) is 0 Å². The average molecular weight is 456 g/mol. The lowest BCUT2D eigenvalue weighted by Gasteiger charge is -2.21. The summed E-state index contributed by atoms with van der Waals surface area (Å²) in [6.45, 7) is 1.67. The lowest BCUT2D eigenvalue weighted by Crippen LogP contribution is -2.38. The number of halogens is 1. The molecule has 1 aliphatic heterocycles. The van der Waals surface area contributed by atoms with Gasteiger partial charge in [0.05, 0.1) is 4.90 Å². The zero-order chi connectivity index (χ0) is 20.6. The fourth-order valence-corrected chi connectivity index (χ4v) is 5.35. The summed E-state index contributed by atoms with van der Waals surface area (Å²) in [6.07, 6.45) is -0.0629. The minimum atomic E-state index is -4.18. The molecule has 0 bridgehead atoms. The Morgan fingerprint density at radius 1 is 1.34 bits per heavy atom. The number of hydrogen-bond acceptors (Lipinski definition) is 9. The third kappa shape index (κ3) is 3.52. The number of rotatable bonds is 5. The molecule has 4 rings (SSSR count). The maximum Gasteiger partial charge on any atom is 0.273 e. The molecule has 9 nitrogen and oxygen atoms in total. The largest absolute Gasteiger partial charge is 0.454 e. The molecule has 0 fully saturated rings. The van der Waals surface area contributed by atoms with E-state index < -0.39 is 10.0 Å². The Morgan fingerprint density at radius 2 is 2.14 bits per heavy atom. The van der Waals surface area contributed by atoms with Crippen LogP contribution in [0.2, 0.25) is 5.02 Å². The molecule has 1 aliphatic rings. The van der Waals surface area contributed by atoms with Gasteiger partial charge in [-0.25, -0.2) is 8.42 Å². The molecule has 0 saturated heterocycles. The number of aryl methyl sites for hydroxylation is 1. The molecule has 0 aliphatic carbocycles. The molecule has 0 saturated carbocycles. The smallest absolute Gasteiger partial charge is 0.273 e. The molecule has 1 N–H and O–H groups in total. The molecule has 0 radical (unpaired) electrons. The van der Waals surface area contributed by atoms with Crippen LogP contribution in [0.5, 0.6) is 11.5 Å². The third-order valence-corrected chi connectivity index (χ3v) is 7.12. The van der Waals surface area contributed by atoms with Crippen LogP contribution in [0, 0.1) is 6.92 Å². The van der Waals surface area contributed by atoms with Crippen molar-refractivity contribution in [3.05, 3.63) is 51.3 Å². The Hall–Kier alpha value is -2.76. The van der Waals surface area contributed by atoms with Crippen molar-refractivity contribution in [1.29, 1.82) is 0 Å². The Balaban J connectivity index is 1.78. The summed E-state index contributed by atoms with van der Waals surface area (Å²) in [5.41, 5.74) is 0.924. The Bertz CT molecular complexity index is 1170. The maximum absolute atomic E-state index is 13.3. The Morgan fingerprint density at radius 3 is 2.79 bits per heavy atom. The normalized spacial score (nSPS) is 13.7. The van der Waals surface area contributed by atoms with E-state index in [2.05, 4.69) is 10.3 Å². The van der Waals surface area contributed by atoms with E-state index in [1.165, 1.54) is 22.8 Å². The summed E-state index contributed by atoms with van der Waals surface area (Å²) < 4.78 is 43.1. The fourth-order valence-electron chi connectivity index (χ4n) is 2.72. The van der Waals surface area contributed by atoms with Gasteiger partial charge >= 0.3 is 0 Å². The van der Waals surface area contributed by atoms with Gasteiger partial charge in [-0.15, -0.1) is 0 Å². The molecule has 0 amide bonds. The van der Waals surface area contributed by atoms with Crippen LogP contribution < -0.4 is 13.8 Å². The van der Waals surface area contributed by atoms with Gasteiger partial charge in [0.2, 0.25) is 6.79 Å². The van der Waals surface area contributed by atoms with E-state index in [4.69, 9.17) is 25.6 Å². The zero-order valence-corrected chi connectivity index (χ0v) is 17.3. The molecule has 0 atom stereocenters. The Labute approximate surface area is 174 Å². The second-order valence-corrected chi connectivity index (χ2v) is 8.94. The molecule has 0 unspecified atom stereocenters. The molecular weight excluding hydrogens is 442 g/mol. The van der Waals surface area contributed by atoms with E-state index in [0.29, 0.717) is 22.8 Å². The number of thiophene rings is 1. The predicted molar refractivity (Wildman–Crippen MR) is 106 cm³/mol. The SMILES string of the molecule is Cc1noc(N(C(Cc2ccc3c(c2)OCO3)=NO)S(=O)(=O)c2ccsc2)c1Cl. The van der Waals surface area contributed by atoms with E-state index >= 15 is 0 Å². The molecule has 12 heteroatoms. The van der Waals surface area contributed by atoms with Crippen molar-refractivity contribution in [3.8, 4) is 11.5 Å². The monoisotopic (exact) mass is 455 g/mol. The summed E-state index contributed by atoms with van der Waals surface area (Å²) in [5, 5.41) is 19.7. The zero-order valence-electron chi connectivity index (χ0n) is 14.9. The van der Waals surface area contributed by atoms with Crippen molar-refractivity contribution < 1.29 is 27.6 Å². The Kier molecular flexibility index (Phi) is 5.11. The standard InChI is InChI=1S/C17H14ClN3O6S2/c1-10-16(18)17(27-20-10)21(29(23,24)12-4-5-28-8-12)15(19-22)7-11-2-3-13-14(6-11)26-9-25-13/h2-6,8,22H,7,9H2,1H3. The summed E-state index contributed by atoms with van der Waals surface area (Å²) in [4.78, 5) is -0.000503. The second kappa shape index (κ2) is 7.58.